The van der Waals surface area contributed by atoms with Crippen molar-refractivity contribution in [1.29, 1.82) is 0 Å². The highest BCUT2D eigenvalue weighted by Gasteiger charge is 2.23. The summed E-state index contributed by atoms with van der Waals surface area (Å²) in [6.45, 7) is 5.09. The number of rotatable bonds is 5. The Kier molecular flexibility index (Phi) is 6.69. The van der Waals surface area contributed by atoms with E-state index in [0.717, 1.165) is 17.0 Å². The van der Waals surface area contributed by atoms with Gasteiger partial charge in [0.05, 0.1) is 5.69 Å². The fourth-order valence-electron chi connectivity index (χ4n) is 3.66. The van der Waals surface area contributed by atoms with Crippen molar-refractivity contribution in [1.82, 2.24) is 20.1 Å². The number of anilines is 1. The highest BCUT2D eigenvalue weighted by Crippen LogP contribution is 2.23. The zero-order valence-corrected chi connectivity index (χ0v) is 18.6. The van der Waals surface area contributed by atoms with E-state index >= 15 is 0 Å². The Hall–Kier alpha value is -3.72. The lowest BCUT2D eigenvalue weighted by atomic mass is 10.1. The summed E-state index contributed by atoms with van der Waals surface area (Å²) in [5, 5.41) is 5.40. The number of nitrogens with zero attached hydrogens (tertiary/aromatic N) is 3. The van der Waals surface area contributed by atoms with Crippen LogP contribution in [-0.2, 0) is 6.54 Å². The van der Waals surface area contributed by atoms with E-state index in [-0.39, 0.29) is 17.8 Å². The van der Waals surface area contributed by atoms with Gasteiger partial charge < -0.3 is 20.0 Å². The van der Waals surface area contributed by atoms with E-state index in [1.54, 1.807) is 36.2 Å². The predicted molar refractivity (Wildman–Crippen MR) is 122 cm³/mol. The Morgan fingerprint density at radius 1 is 1.03 bits per heavy atom. The predicted octanol–water partition coefficient (Wildman–Crippen LogP) is 3.50. The highest BCUT2D eigenvalue weighted by atomic mass is 19.1. The molecule has 9 heteroatoms. The van der Waals surface area contributed by atoms with Crippen LogP contribution < -0.4 is 10.6 Å². The van der Waals surface area contributed by atoms with E-state index in [1.165, 1.54) is 12.1 Å². The topological polar surface area (TPSA) is 90.7 Å². The highest BCUT2D eigenvalue weighted by molar-refractivity contribution is 5.94. The van der Waals surface area contributed by atoms with Gasteiger partial charge in [-0.1, -0.05) is 0 Å². The standard InChI is InChI=1S/C24H26FN5O3/c1-16-21(28-23(33-16)18-5-3-17(4-6-18)22(31)26-2)15-29-11-13-30(14-12-29)24(32)27-20-9-7-19(25)8-10-20/h3-10H,11-15H2,1-2H3,(H,26,31)(H,27,32). The van der Waals surface area contributed by atoms with E-state index in [2.05, 4.69) is 20.5 Å². The molecule has 0 radical (unpaired) electrons. The maximum atomic E-state index is 13.0. The monoisotopic (exact) mass is 451 g/mol. The third-order valence-electron chi connectivity index (χ3n) is 5.64. The molecule has 0 spiro atoms. The van der Waals surface area contributed by atoms with E-state index in [9.17, 15) is 14.0 Å². The van der Waals surface area contributed by atoms with Crippen LogP contribution in [0.1, 0.15) is 21.8 Å². The molecule has 1 aliphatic heterocycles. The van der Waals surface area contributed by atoms with Gasteiger partial charge >= 0.3 is 6.03 Å². The van der Waals surface area contributed by atoms with Gasteiger partial charge in [-0.25, -0.2) is 14.2 Å². The number of carbonyl (C=O) groups is 2. The number of aromatic nitrogens is 1. The van der Waals surface area contributed by atoms with Crippen molar-refractivity contribution in [3.05, 3.63) is 71.4 Å². The number of amides is 3. The number of urea groups is 1. The molecular weight excluding hydrogens is 425 g/mol. The number of carbonyl (C=O) groups excluding carboxylic acids is 2. The molecule has 1 saturated heterocycles. The number of aryl methyl sites for hydroxylation is 1. The van der Waals surface area contributed by atoms with E-state index < -0.39 is 0 Å². The molecule has 2 N–H and O–H groups in total. The van der Waals surface area contributed by atoms with Crippen LogP contribution in [0, 0.1) is 12.7 Å². The minimum Gasteiger partial charge on any atom is -0.441 e. The molecule has 2 heterocycles. The number of oxazole rings is 1. The number of halogens is 1. The summed E-state index contributed by atoms with van der Waals surface area (Å²) < 4.78 is 18.9. The molecule has 0 atom stereocenters. The number of benzene rings is 2. The maximum absolute atomic E-state index is 13.0. The molecule has 1 fully saturated rings. The number of nitrogens with one attached hydrogen (secondary N) is 2. The van der Waals surface area contributed by atoms with E-state index in [4.69, 9.17) is 4.42 Å². The molecule has 0 saturated carbocycles. The molecule has 0 bridgehead atoms. The van der Waals surface area contributed by atoms with Crippen molar-refractivity contribution in [3.8, 4) is 11.5 Å². The molecule has 3 aromatic rings. The Bertz CT molecular complexity index is 1120. The summed E-state index contributed by atoms with van der Waals surface area (Å²) in [4.78, 5) is 32.8. The Labute approximate surface area is 191 Å². The zero-order chi connectivity index (χ0) is 23.4. The third kappa shape index (κ3) is 5.38. The molecule has 1 aliphatic rings. The summed E-state index contributed by atoms with van der Waals surface area (Å²) in [6, 6.07) is 12.6. The minimum absolute atomic E-state index is 0.142. The maximum Gasteiger partial charge on any atom is 0.321 e. The molecule has 8 nitrogen and oxygen atoms in total. The van der Waals surface area contributed by atoms with Gasteiger partial charge in [0.25, 0.3) is 5.91 Å². The van der Waals surface area contributed by atoms with Crippen molar-refractivity contribution in [2.24, 2.45) is 0 Å². The Balaban J connectivity index is 1.32. The van der Waals surface area contributed by atoms with Crippen LogP contribution in [0.4, 0.5) is 14.9 Å². The lowest BCUT2D eigenvalue weighted by molar-refractivity contribution is 0.0963. The van der Waals surface area contributed by atoms with Gasteiger partial charge in [-0.05, 0) is 55.5 Å². The summed E-state index contributed by atoms with van der Waals surface area (Å²) in [5.74, 6) is 0.783. The lowest BCUT2D eigenvalue weighted by Crippen LogP contribution is -2.49. The first-order chi connectivity index (χ1) is 15.9. The molecule has 2 aromatic carbocycles. The largest absolute Gasteiger partial charge is 0.441 e. The van der Waals surface area contributed by atoms with Gasteiger partial charge in [-0.2, -0.15) is 0 Å². The van der Waals surface area contributed by atoms with Crippen LogP contribution in [0.2, 0.25) is 0 Å². The molecule has 4 rings (SSSR count). The molecule has 33 heavy (non-hydrogen) atoms. The lowest BCUT2D eigenvalue weighted by Gasteiger charge is -2.34. The smallest absolute Gasteiger partial charge is 0.321 e. The SMILES string of the molecule is CNC(=O)c1ccc(-c2nc(CN3CCN(C(=O)Nc4ccc(F)cc4)CC3)c(C)o2)cc1. The summed E-state index contributed by atoms with van der Waals surface area (Å²) in [5.41, 5.74) is 2.80. The van der Waals surface area contributed by atoms with E-state index in [0.29, 0.717) is 49.9 Å². The molecule has 3 amide bonds. The van der Waals surface area contributed by atoms with Crippen molar-refractivity contribution in [2.75, 3.05) is 38.5 Å². The molecule has 0 unspecified atom stereocenters. The number of hydrogen-bond donors (Lipinski definition) is 2. The molecule has 0 aliphatic carbocycles. The van der Waals surface area contributed by atoms with Gasteiger partial charge in [0.2, 0.25) is 5.89 Å². The Morgan fingerprint density at radius 2 is 1.70 bits per heavy atom. The van der Waals surface area contributed by atoms with Crippen LogP contribution in [0.5, 0.6) is 0 Å². The van der Waals surface area contributed by atoms with Crippen molar-refractivity contribution >= 4 is 17.6 Å². The first kappa shape index (κ1) is 22.5. The summed E-state index contributed by atoms with van der Waals surface area (Å²) in [6.07, 6.45) is 0. The Morgan fingerprint density at radius 3 is 2.33 bits per heavy atom. The van der Waals surface area contributed by atoms with Crippen molar-refractivity contribution in [3.63, 3.8) is 0 Å². The quantitative estimate of drug-likeness (QED) is 0.620. The fourth-order valence-corrected chi connectivity index (χ4v) is 3.66. The summed E-state index contributed by atoms with van der Waals surface area (Å²) >= 11 is 0. The minimum atomic E-state index is -0.339. The van der Waals surface area contributed by atoms with Crippen LogP contribution in [0.15, 0.2) is 52.9 Å². The molecular formula is C24H26FN5O3. The van der Waals surface area contributed by atoms with Gasteiger partial charge in [-0.15, -0.1) is 0 Å². The van der Waals surface area contributed by atoms with Crippen molar-refractivity contribution in [2.45, 2.75) is 13.5 Å². The second-order valence-corrected chi connectivity index (χ2v) is 7.88. The van der Waals surface area contributed by atoms with Gasteiger partial charge in [0, 0.05) is 56.6 Å². The number of hydrogen-bond acceptors (Lipinski definition) is 5. The number of piperazine rings is 1. The first-order valence-corrected chi connectivity index (χ1v) is 10.8. The molecule has 1 aromatic heterocycles. The van der Waals surface area contributed by atoms with Crippen LogP contribution in [0.3, 0.4) is 0 Å². The third-order valence-corrected chi connectivity index (χ3v) is 5.64. The van der Waals surface area contributed by atoms with Gasteiger partial charge in [-0.3, -0.25) is 9.69 Å². The molecule has 172 valence electrons. The van der Waals surface area contributed by atoms with E-state index in [1.807, 2.05) is 19.1 Å². The average molecular weight is 452 g/mol. The second kappa shape index (κ2) is 9.83. The van der Waals surface area contributed by atoms with Crippen LogP contribution in [0.25, 0.3) is 11.5 Å². The fraction of sp³-hybridized carbons (Fsp3) is 0.292. The first-order valence-electron chi connectivity index (χ1n) is 10.8. The van der Waals surface area contributed by atoms with Crippen molar-refractivity contribution < 1.29 is 18.4 Å². The second-order valence-electron chi connectivity index (χ2n) is 7.88. The normalized spacial score (nSPS) is 14.2. The van der Waals surface area contributed by atoms with Gasteiger partial charge in [0.1, 0.15) is 11.6 Å². The zero-order valence-electron chi connectivity index (χ0n) is 18.6. The summed E-state index contributed by atoms with van der Waals surface area (Å²) in [7, 11) is 1.59. The van der Waals surface area contributed by atoms with Crippen LogP contribution >= 0.6 is 0 Å². The van der Waals surface area contributed by atoms with Crippen LogP contribution in [-0.4, -0.2) is 59.9 Å². The van der Waals surface area contributed by atoms with Gasteiger partial charge in [0.15, 0.2) is 0 Å². The average Bonchev–Trinajstić information content (AvgIpc) is 3.20.